The molecule has 0 aromatic heterocycles. The van der Waals surface area contributed by atoms with Crippen LogP contribution in [0.2, 0.25) is 0 Å². The Balaban J connectivity index is 1.84. The molecule has 1 heterocycles. The highest BCUT2D eigenvalue weighted by molar-refractivity contribution is 5.90. The lowest BCUT2D eigenvalue weighted by atomic mass is 10.2. The first-order valence-electron chi connectivity index (χ1n) is 10.1. The maximum atomic E-state index is 12.1. The Hall–Kier alpha value is -2.57. The van der Waals surface area contributed by atoms with Gasteiger partial charge in [-0.15, -0.1) is 0 Å². The lowest BCUT2D eigenvalue weighted by molar-refractivity contribution is -0.133. The smallest absolute Gasteiger partial charge is 0.225 e. The molecule has 0 radical (unpaired) electrons. The molecule has 0 spiro atoms. The second kappa shape index (κ2) is 10.7. The lowest BCUT2D eigenvalue weighted by Gasteiger charge is -2.20. The quantitative estimate of drug-likeness (QED) is 0.495. The van der Waals surface area contributed by atoms with Crippen LogP contribution in [-0.4, -0.2) is 48.9 Å². The van der Waals surface area contributed by atoms with Crippen molar-refractivity contribution in [1.29, 1.82) is 0 Å². The highest BCUT2D eigenvalue weighted by Crippen LogP contribution is 2.13. The van der Waals surface area contributed by atoms with Crippen molar-refractivity contribution in [1.82, 2.24) is 15.5 Å². The Bertz CT molecular complexity index is 702. The molecule has 1 fully saturated rings. The molecule has 0 bridgehead atoms. The van der Waals surface area contributed by atoms with Gasteiger partial charge >= 0.3 is 0 Å². The molecule has 2 rings (SSSR count). The van der Waals surface area contributed by atoms with Gasteiger partial charge < -0.3 is 20.9 Å². The van der Waals surface area contributed by atoms with Crippen molar-refractivity contribution in [2.45, 2.75) is 52.6 Å². The topological polar surface area (TPSA) is 85.8 Å². The van der Waals surface area contributed by atoms with Crippen LogP contribution in [0.1, 0.15) is 45.6 Å². The molecule has 7 heteroatoms. The molecule has 154 valence electrons. The number of anilines is 1. The zero-order valence-electron chi connectivity index (χ0n) is 17.4. The van der Waals surface area contributed by atoms with Crippen molar-refractivity contribution in [2.75, 3.05) is 25.5 Å². The minimum atomic E-state index is 0.0290. The first kappa shape index (κ1) is 21.7. The van der Waals surface area contributed by atoms with Gasteiger partial charge in [0, 0.05) is 50.7 Å². The number of rotatable bonds is 7. The van der Waals surface area contributed by atoms with E-state index in [0.717, 1.165) is 30.6 Å². The van der Waals surface area contributed by atoms with Gasteiger partial charge in [0.2, 0.25) is 11.8 Å². The van der Waals surface area contributed by atoms with E-state index in [9.17, 15) is 9.59 Å². The second-order valence-corrected chi connectivity index (χ2v) is 7.49. The van der Waals surface area contributed by atoms with E-state index in [1.54, 1.807) is 7.05 Å². The molecule has 3 N–H and O–H groups in total. The minimum absolute atomic E-state index is 0.0290. The third-order valence-corrected chi connectivity index (χ3v) is 4.71. The van der Waals surface area contributed by atoms with Gasteiger partial charge in [-0.3, -0.25) is 14.6 Å². The Morgan fingerprint density at radius 2 is 2.11 bits per heavy atom. The molecule has 1 atom stereocenters. The summed E-state index contributed by atoms with van der Waals surface area (Å²) in [5, 5.41) is 9.62. The van der Waals surface area contributed by atoms with Gasteiger partial charge in [0.05, 0.1) is 0 Å². The number of guanidine groups is 1. The van der Waals surface area contributed by atoms with Crippen LogP contribution in [0.15, 0.2) is 29.3 Å². The summed E-state index contributed by atoms with van der Waals surface area (Å²) in [6.07, 6.45) is 2.27. The number of hydrogen-bond acceptors (Lipinski definition) is 3. The maximum absolute atomic E-state index is 12.1. The third kappa shape index (κ3) is 6.55. The largest absolute Gasteiger partial charge is 0.352 e. The van der Waals surface area contributed by atoms with E-state index in [0.29, 0.717) is 25.5 Å². The van der Waals surface area contributed by atoms with Gasteiger partial charge in [0.1, 0.15) is 0 Å². The normalized spacial score (nSPS) is 17.0. The number of benzene rings is 1. The molecule has 0 aliphatic carbocycles. The van der Waals surface area contributed by atoms with Crippen molar-refractivity contribution < 1.29 is 9.59 Å². The molecule has 1 aliphatic rings. The summed E-state index contributed by atoms with van der Waals surface area (Å²) in [7, 11) is 1.74. The summed E-state index contributed by atoms with van der Waals surface area (Å²) in [6, 6.07) is 8.00. The van der Waals surface area contributed by atoms with E-state index < -0.39 is 0 Å². The van der Waals surface area contributed by atoms with Crippen LogP contribution in [0.4, 0.5) is 5.69 Å². The van der Waals surface area contributed by atoms with Crippen LogP contribution in [0.3, 0.4) is 0 Å². The van der Waals surface area contributed by atoms with Gasteiger partial charge in [0.25, 0.3) is 0 Å². The average Bonchev–Trinajstić information content (AvgIpc) is 3.13. The molecule has 1 aliphatic heterocycles. The summed E-state index contributed by atoms with van der Waals surface area (Å²) in [5.74, 6) is 0.978. The average molecular weight is 388 g/mol. The fraction of sp³-hybridized carbons (Fsp3) is 0.571. The number of aliphatic imine (C=N–C) groups is 1. The Kier molecular flexibility index (Phi) is 8.29. The first-order chi connectivity index (χ1) is 13.4. The molecule has 28 heavy (non-hydrogen) atoms. The van der Waals surface area contributed by atoms with Crippen molar-refractivity contribution in [2.24, 2.45) is 10.9 Å². The van der Waals surface area contributed by atoms with Crippen molar-refractivity contribution in [3.63, 3.8) is 0 Å². The van der Waals surface area contributed by atoms with Crippen LogP contribution >= 0.6 is 0 Å². The van der Waals surface area contributed by atoms with Gasteiger partial charge in [-0.05, 0) is 30.5 Å². The summed E-state index contributed by atoms with van der Waals surface area (Å²) < 4.78 is 0. The number of carbonyl (C=O) groups excluding carboxylic acids is 2. The number of hydrogen-bond donors (Lipinski definition) is 3. The van der Waals surface area contributed by atoms with E-state index in [4.69, 9.17) is 0 Å². The summed E-state index contributed by atoms with van der Waals surface area (Å²) >= 11 is 0. The first-order valence-corrected chi connectivity index (χ1v) is 10.1. The zero-order chi connectivity index (χ0) is 20.5. The lowest BCUT2D eigenvalue weighted by Crippen LogP contribution is -2.45. The highest BCUT2D eigenvalue weighted by Gasteiger charge is 2.27. The Morgan fingerprint density at radius 3 is 2.79 bits per heavy atom. The van der Waals surface area contributed by atoms with Crippen molar-refractivity contribution in [3.05, 3.63) is 29.8 Å². The predicted octanol–water partition coefficient (Wildman–Crippen LogP) is 2.35. The van der Waals surface area contributed by atoms with E-state index in [2.05, 4.69) is 20.9 Å². The van der Waals surface area contributed by atoms with E-state index in [1.807, 2.05) is 49.9 Å². The molecular formula is C21H33N5O2. The number of carbonyl (C=O) groups is 2. The van der Waals surface area contributed by atoms with Gasteiger partial charge in [-0.25, -0.2) is 0 Å². The van der Waals surface area contributed by atoms with E-state index >= 15 is 0 Å². The van der Waals surface area contributed by atoms with Gasteiger partial charge in [-0.2, -0.15) is 0 Å². The second-order valence-electron chi connectivity index (χ2n) is 7.49. The molecule has 1 unspecified atom stereocenters. The molecule has 2 amide bonds. The SMILES string of the molecule is CCCC(=O)Nc1cccc(CNC(=NC)NC2CCN(C(=O)C(C)C)C2)c1. The van der Waals surface area contributed by atoms with Gasteiger partial charge in [-0.1, -0.05) is 32.9 Å². The predicted molar refractivity (Wildman–Crippen MR) is 113 cm³/mol. The maximum Gasteiger partial charge on any atom is 0.225 e. The van der Waals surface area contributed by atoms with Crippen molar-refractivity contribution >= 4 is 23.5 Å². The summed E-state index contributed by atoms with van der Waals surface area (Å²) in [5.41, 5.74) is 1.86. The summed E-state index contributed by atoms with van der Waals surface area (Å²) in [4.78, 5) is 30.1. The fourth-order valence-corrected chi connectivity index (χ4v) is 3.23. The number of amides is 2. The van der Waals surface area contributed by atoms with Crippen LogP contribution < -0.4 is 16.0 Å². The molecule has 7 nitrogen and oxygen atoms in total. The van der Waals surface area contributed by atoms with Crippen LogP contribution in [0.5, 0.6) is 0 Å². The van der Waals surface area contributed by atoms with Crippen LogP contribution in [0.25, 0.3) is 0 Å². The van der Waals surface area contributed by atoms with E-state index in [-0.39, 0.29) is 23.8 Å². The molecule has 0 saturated carbocycles. The molecular weight excluding hydrogens is 354 g/mol. The fourth-order valence-electron chi connectivity index (χ4n) is 3.23. The van der Waals surface area contributed by atoms with Crippen LogP contribution in [0, 0.1) is 5.92 Å². The van der Waals surface area contributed by atoms with Crippen LogP contribution in [-0.2, 0) is 16.1 Å². The van der Waals surface area contributed by atoms with Crippen molar-refractivity contribution in [3.8, 4) is 0 Å². The standard InChI is InChI=1S/C21H33N5O2/c1-5-7-19(27)24-17-9-6-8-16(12-17)13-23-21(22-4)25-18-10-11-26(14-18)20(28)15(2)3/h6,8-9,12,15,18H,5,7,10-11,13-14H2,1-4H3,(H,24,27)(H2,22,23,25). The third-order valence-electron chi connectivity index (χ3n) is 4.71. The van der Waals surface area contributed by atoms with Gasteiger partial charge in [0.15, 0.2) is 5.96 Å². The molecule has 1 saturated heterocycles. The zero-order valence-corrected chi connectivity index (χ0v) is 17.4. The van der Waals surface area contributed by atoms with E-state index in [1.165, 1.54) is 0 Å². The Morgan fingerprint density at radius 1 is 1.32 bits per heavy atom. The summed E-state index contributed by atoms with van der Waals surface area (Å²) in [6.45, 7) is 7.94. The molecule has 1 aromatic carbocycles. The minimum Gasteiger partial charge on any atom is -0.352 e. The Labute approximate surface area is 168 Å². The number of likely N-dealkylation sites (tertiary alicyclic amines) is 1. The highest BCUT2D eigenvalue weighted by atomic mass is 16.2. The number of nitrogens with zero attached hydrogens (tertiary/aromatic N) is 2. The number of nitrogens with one attached hydrogen (secondary N) is 3. The monoisotopic (exact) mass is 387 g/mol. The molecule has 1 aromatic rings.